The molecule has 32 heavy (non-hydrogen) atoms. The van der Waals surface area contributed by atoms with Gasteiger partial charge in [0.1, 0.15) is 11.3 Å². The Kier molecular flexibility index (Phi) is 12.6. The second-order valence-corrected chi connectivity index (χ2v) is 6.85. The Balaban J connectivity index is 0.000000390. The molecule has 0 saturated carbocycles. The molecule has 3 heterocycles. The maximum absolute atomic E-state index is 13.1. The van der Waals surface area contributed by atoms with Crippen molar-refractivity contribution in [2.45, 2.75) is 73.0 Å². The van der Waals surface area contributed by atoms with E-state index in [-0.39, 0.29) is 16.6 Å². The molecule has 0 saturated heterocycles. The van der Waals surface area contributed by atoms with E-state index in [2.05, 4.69) is 27.4 Å². The maximum atomic E-state index is 13.1. The lowest BCUT2D eigenvalue weighted by molar-refractivity contribution is 0.0751. The topological polar surface area (TPSA) is 81.9 Å². The van der Waals surface area contributed by atoms with Gasteiger partial charge in [-0.25, -0.2) is 4.98 Å². The van der Waals surface area contributed by atoms with Crippen molar-refractivity contribution in [3.05, 3.63) is 53.4 Å². The van der Waals surface area contributed by atoms with E-state index in [4.69, 9.17) is 21.8 Å². The van der Waals surface area contributed by atoms with E-state index in [1.54, 1.807) is 19.1 Å². The summed E-state index contributed by atoms with van der Waals surface area (Å²) in [7, 11) is 0. The first-order valence-corrected chi connectivity index (χ1v) is 11.3. The average molecular weight is 470 g/mol. The first-order chi connectivity index (χ1) is 15.5. The summed E-state index contributed by atoms with van der Waals surface area (Å²) in [5, 5.41) is 2.96. The highest BCUT2D eigenvalue weighted by molar-refractivity contribution is 6.28. The molecule has 0 amide bonds. The molecule has 0 aliphatic heterocycles. The predicted octanol–water partition coefficient (Wildman–Crippen LogP) is 7.10. The largest absolute Gasteiger partial charge is 0.467 e. The molecule has 4 rings (SSSR count). The fourth-order valence-electron chi connectivity index (χ4n) is 2.96. The third-order valence-corrected chi connectivity index (χ3v) is 4.52. The van der Waals surface area contributed by atoms with Crippen molar-refractivity contribution in [3.8, 4) is 0 Å². The lowest BCUT2D eigenvalue weighted by atomic mass is 10.0. The van der Waals surface area contributed by atoms with Gasteiger partial charge < -0.3 is 15.5 Å². The molecule has 0 aromatic carbocycles. The number of nitrogens with two attached hydrogens (primary N) is 1. The van der Waals surface area contributed by atoms with Crippen molar-refractivity contribution in [1.29, 1.82) is 0 Å². The zero-order chi connectivity index (χ0) is 24.1. The third-order valence-electron chi connectivity index (χ3n) is 4.35. The van der Waals surface area contributed by atoms with E-state index >= 15 is 0 Å². The zero-order valence-electron chi connectivity index (χ0n) is 19.4. The van der Waals surface area contributed by atoms with Crippen LogP contribution in [0, 0.1) is 6.92 Å². The van der Waals surface area contributed by atoms with Gasteiger partial charge in [0.15, 0.2) is 5.82 Å². The van der Waals surface area contributed by atoms with E-state index in [0.717, 1.165) is 11.0 Å². The van der Waals surface area contributed by atoms with Crippen LogP contribution in [0.5, 0.6) is 0 Å². The van der Waals surface area contributed by atoms with E-state index < -0.39 is 6.55 Å². The number of alkyl halides is 2. The molecule has 3 N–H and O–H groups in total. The molecule has 1 aliphatic carbocycles. The number of hydrogen-bond donors (Lipinski definition) is 2. The molecule has 0 fully saturated rings. The highest BCUT2D eigenvalue weighted by Crippen LogP contribution is 2.30. The van der Waals surface area contributed by atoms with Crippen LogP contribution in [0.2, 0.25) is 5.28 Å². The normalized spacial score (nSPS) is 14.6. The summed E-state index contributed by atoms with van der Waals surface area (Å²) in [6.07, 6.45) is 10.7. The van der Waals surface area contributed by atoms with Crippen LogP contribution in [0.4, 0.5) is 14.6 Å². The number of rotatable bonds is 4. The van der Waals surface area contributed by atoms with Gasteiger partial charge in [-0.05, 0) is 55.5 Å². The minimum absolute atomic E-state index is 0.000406. The standard InChI is InChI=1S/C13H11ClF2N4O.C6H11N.2C2H6/c1-7-6-20(13(15)16)10-9(7)18-12(14)19-11(10)17-5-8-3-2-4-21-8;7-6-4-2-1-3-5-6;2*1-2/h2-4,6,13H,5H2,1H3,(H,17,18,19);1-2,6H,3-5,7H2;2*1-2H3. The summed E-state index contributed by atoms with van der Waals surface area (Å²) in [5.74, 6) is 0.902. The summed E-state index contributed by atoms with van der Waals surface area (Å²) in [6, 6.07) is 3.96. The number of allylic oxidation sites excluding steroid dienone is 1. The van der Waals surface area contributed by atoms with Crippen LogP contribution in [0.25, 0.3) is 11.0 Å². The van der Waals surface area contributed by atoms with Gasteiger partial charge >= 0.3 is 6.55 Å². The third kappa shape index (κ3) is 7.91. The predicted molar refractivity (Wildman–Crippen MR) is 128 cm³/mol. The Hall–Kier alpha value is -2.45. The van der Waals surface area contributed by atoms with Crippen LogP contribution in [0.1, 0.15) is 64.8 Å². The SMILES string of the molecule is CC.CC.Cc1cn(C(F)F)c2c(NCc3ccco3)nc(Cl)nc12.NC1CC=CCC1. The first-order valence-electron chi connectivity index (χ1n) is 11.0. The van der Waals surface area contributed by atoms with Crippen molar-refractivity contribution < 1.29 is 13.2 Å². The molecular formula is C23H34ClF2N5O. The lowest BCUT2D eigenvalue weighted by Crippen LogP contribution is -2.19. The monoisotopic (exact) mass is 469 g/mol. The van der Waals surface area contributed by atoms with Gasteiger partial charge in [0.25, 0.3) is 0 Å². The van der Waals surface area contributed by atoms with Gasteiger partial charge in [0.2, 0.25) is 5.28 Å². The number of nitrogens with zero attached hydrogens (tertiary/aromatic N) is 3. The molecular weight excluding hydrogens is 436 g/mol. The maximum Gasteiger partial charge on any atom is 0.319 e. The molecule has 0 bridgehead atoms. The van der Waals surface area contributed by atoms with Crippen molar-refractivity contribution in [2.24, 2.45) is 5.73 Å². The van der Waals surface area contributed by atoms with Crippen LogP contribution in [0.3, 0.4) is 0 Å². The highest BCUT2D eigenvalue weighted by atomic mass is 35.5. The molecule has 6 nitrogen and oxygen atoms in total. The highest BCUT2D eigenvalue weighted by Gasteiger charge is 2.19. The van der Waals surface area contributed by atoms with Gasteiger partial charge in [-0.1, -0.05) is 39.8 Å². The molecule has 3 aromatic heterocycles. The number of halogens is 3. The van der Waals surface area contributed by atoms with Gasteiger partial charge in [0, 0.05) is 12.2 Å². The van der Waals surface area contributed by atoms with Crippen LogP contribution in [0.15, 0.2) is 41.2 Å². The molecule has 1 unspecified atom stereocenters. The summed E-state index contributed by atoms with van der Waals surface area (Å²) < 4.78 is 32.3. The number of furan rings is 1. The molecule has 9 heteroatoms. The van der Waals surface area contributed by atoms with E-state index in [1.165, 1.54) is 25.3 Å². The van der Waals surface area contributed by atoms with Crippen molar-refractivity contribution in [1.82, 2.24) is 14.5 Å². The second kappa shape index (κ2) is 14.6. The number of hydrogen-bond acceptors (Lipinski definition) is 5. The molecule has 3 aromatic rings. The van der Waals surface area contributed by atoms with Crippen LogP contribution in [-0.4, -0.2) is 20.6 Å². The minimum atomic E-state index is -2.69. The number of nitrogens with one attached hydrogen (secondary N) is 1. The fourth-order valence-corrected chi connectivity index (χ4v) is 3.13. The van der Waals surface area contributed by atoms with Crippen LogP contribution >= 0.6 is 11.6 Å². The van der Waals surface area contributed by atoms with Gasteiger partial charge in [-0.15, -0.1) is 0 Å². The molecule has 1 atom stereocenters. The van der Waals surface area contributed by atoms with Crippen LogP contribution < -0.4 is 11.1 Å². The Morgan fingerprint density at radius 3 is 2.47 bits per heavy atom. The second-order valence-electron chi connectivity index (χ2n) is 6.51. The zero-order valence-corrected chi connectivity index (χ0v) is 20.2. The van der Waals surface area contributed by atoms with Gasteiger partial charge in [-0.3, -0.25) is 4.57 Å². The van der Waals surface area contributed by atoms with Gasteiger partial charge in [0.05, 0.1) is 18.3 Å². The molecule has 1 aliphatic rings. The van der Waals surface area contributed by atoms with Crippen molar-refractivity contribution in [3.63, 3.8) is 0 Å². The Morgan fingerprint density at radius 2 is 1.97 bits per heavy atom. The molecule has 0 radical (unpaired) electrons. The number of anilines is 1. The average Bonchev–Trinajstić information content (AvgIpc) is 3.44. The summed E-state index contributed by atoms with van der Waals surface area (Å²) in [6.45, 7) is 7.32. The quantitative estimate of drug-likeness (QED) is 0.314. The molecule has 0 spiro atoms. The number of fused-ring (bicyclic) bond motifs is 1. The summed E-state index contributed by atoms with van der Waals surface area (Å²) in [5.41, 5.74) is 6.81. The van der Waals surface area contributed by atoms with Crippen LogP contribution in [-0.2, 0) is 6.54 Å². The smallest absolute Gasteiger partial charge is 0.319 e. The van der Waals surface area contributed by atoms with E-state index in [9.17, 15) is 8.78 Å². The van der Waals surface area contributed by atoms with Crippen molar-refractivity contribution in [2.75, 3.05) is 5.32 Å². The fraction of sp³-hybridized carbons (Fsp3) is 0.478. The Labute approximate surface area is 193 Å². The Morgan fingerprint density at radius 1 is 1.25 bits per heavy atom. The van der Waals surface area contributed by atoms with Gasteiger partial charge in [-0.2, -0.15) is 13.8 Å². The first kappa shape index (κ1) is 27.6. The minimum Gasteiger partial charge on any atom is -0.467 e. The number of aryl methyl sites for hydroxylation is 1. The van der Waals surface area contributed by atoms with Crippen molar-refractivity contribution >= 4 is 28.5 Å². The van der Waals surface area contributed by atoms with E-state index in [1.807, 2.05) is 27.7 Å². The van der Waals surface area contributed by atoms with E-state index in [0.29, 0.717) is 29.4 Å². The summed E-state index contributed by atoms with van der Waals surface area (Å²) in [4.78, 5) is 8.03. The molecule has 178 valence electrons. The lowest BCUT2D eigenvalue weighted by Gasteiger charge is -2.09. The summed E-state index contributed by atoms with van der Waals surface area (Å²) >= 11 is 5.86. The number of aromatic nitrogens is 3. The Bertz CT molecular complexity index is 942.